The van der Waals surface area contributed by atoms with Gasteiger partial charge >= 0.3 is 0 Å². The van der Waals surface area contributed by atoms with Crippen molar-refractivity contribution in [2.24, 2.45) is 0 Å². The van der Waals surface area contributed by atoms with Gasteiger partial charge in [0.15, 0.2) is 0 Å². The molecule has 0 fully saturated rings. The molecule has 1 aromatic carbocycles. The second-order valence-corrected chi connectivity index (χ2v) is 8.42. The van der Waals surface area contributed by atoms with Gasteiger partial charge in [-0.25, -0.2) is 0 Å². The van der Waals surface area contributed by atoms with Crippen LogP contribution < -0.4 is 10.6 Å². The monoisotopic (exact) mass is 457 g/mol. The summed E-state index contributed by atoms with van der Waals surface area (Å²) in [5.41, 5.74) is 1.86. The van der Waals surface area contributed by atoms with E-state index in [1.54, 1.807) is 56.9 Å². The van der Waals surface area contributed by atoms with Crippen molar-refractivity contribution in [3.8, 4) is 6.07 Å². The lowest BCUT2D eigenvalue weighted by atomic mass is 10.2. The molecule has 0 unspecified atom stereocenters. The van der Waals surface area contributed by atoms with Gasteiger partial charge in [-0.3, -0.25) is 9.59 Å². The van der Waals surface area contributed by atoms with Gasteiger partial charge in [0.05, 0.1) is 11.0 Å². The molecule has 0 heterocycles. The molecule has 0 radical (unpaired) electrons. The lowest BCUT2D eigenvalue weighted by molar-refractivity contribution is -0.123. The molecular weight excluding hydrogens is 422 g/mol. The minimum Gasteiger partial charge on any atom is -0.360 e. The summed E-state index contributed by atoms with van der Waals surface area (Å²) in [6, 6.07) is 9.13. The highest BCUT2D eigenvalue weighted by Crippen LogP contribution is 2.21. The minimum absolute atomic E-state index is 0.102. The molecule has 1 aromatic rings. The SMILES string of the molecule is CCCCN(CC)CCNC(=O)c1ccc(N/C=C(/S/C=C(\C)C#N)C(=O)N(C)C)cc1. The van der Waals surface area contributed by atoms with Crippen molar-refractivity contribution in [2.45, 2.75) is 33.6 Å². The van der Waals surface area contributed by atoms with Crippen molar-refractivity contribution >= 4 is 29.3 Å². The number of thioether (sulfide) groups is 1. The fourth-order valence-corrected chi connectivity index (χ4v) is 3.42. The fourth-order valence-electron chi connectivity index (χ4n) is 2.65. The number of amides is 2. The van der Waals surface area contributed by atoms with Gasteiger partial charge in [-0.15, -0.1) is 0 Å². The average Bonchev–Trinajstić information content (AvgIpc) is 2.80. The maximum atomic E-state index is 12.4. The van der Waals surface area contributed by atoms with Crippen molar-refractivity contribution in [1.82, 2.24) is 15.1 Å². The Morgan fingerprint density at radius 2 is 1.84 bits per heavy atom. The zero-order valence-corrected chi connectivity index (χ0v) is 20.6. The minimum atomic E-state index is -0.166. The number of rotatable bonds is 13. The first-order valence-corrected chi connectivity index (χ1v) is 11.7. The first-order valence-electron chi connectivity index (χ1n) is 10.8. The van der Waals surface area contributed by atoms with E-state index >= 15 is 0 Å². The van der Waals surface area contributed by atoms with Crippen molar-refractivity contribution in [2.75, 3.05) is 45.6 Å². The number of carbonyl (C=O) groups excluding carboxylic acids is 2. The smallest absolute Gasteiger partial charge is 0.261 e. The molecule has 32 heavy (non-hydrogen) atoms. The summed E-state index contributed by atoms with van der Waals surface area (Å²) in [6.45, 7) is 9.48. The Balaban J connectivity index is 2.70. The molecule has 0 bridgehead atoms. The van der Waals surface area contributed by atoms with E-state index in [1.165, 1.54) is 23.1 Å². The van der Waals surface area contributed by atoms with Crippen LogP contribution in [0.4, 0.5) is 5.69 Å². The van der Waals surface area contributed by atoms with Gasteiger partial charge in [0.25, 0.3) is 11.8 Å². The molecule has 0 aliphatic rings. The molecule has 2 N–H and O–H groups in total. The number of unbranched alkanes of at least 4 members (excludes halogenated alkanes) is 1. The van der Waals surface area contributed by atoms with E-state index in [1.807, 2.05) is 6.07 Å². The van der Waals surface area contributed by atoms with Crippen LogP contribution in [0.1, 0.15) is 44.0 Å². The first kappa shape index (κ1) is 27.3. The highest BCUT2D eigenvalue weighted by Gasteiger charge is 2.12. The lowest BCUT2D eigenvalue weighted by Crippen LogP contribution is -2.35. The number of carbonyl (C=O) groups is 2. The van der Waals surface area contributed by atoms with Crippen LogP contribution in [0, 0.1) is 11.3 Å². The largest absolute Gasteiger partial charge is 0.360 e. The zero-order chi connectivity index (χ0) is 23.9. The number of nitrogens with zero attached hydrogens (tertiary/aromatic N) is 3. The topological polar surface area (TPSA) is 88.5 Å². The standard InChI is InChI=1S/C24H35N5O2S/c1-6-8-14-29(7-2)15-13-26-23(30)20-9-11-21(12-10-20)27-17-22(24(31)28(4)5)32-18-19(3)16-25/h9-12,17-18,27H,6-8,13-15H2,1-5H3,(H,26,30)/b19-18+,22-17+. The predicted octanol–water partition coefficient (Wildman–Crippen LogP) is 4.04. The van der Waals surface area contributed by atoms with Crippen molar-refractivity contribution in [3.05, 3.63) is 51.9 Å². The zero-order valence-electron chi connectivity index (χ0n) is 19.8. The van der Waals surface area contributed by atoms with Crippen LogP contribution in [0.25, 0.3) is 0 Å². The summed E-state index contributed by atoms with van der Waals surface area (Å²) in [5, 5.41) is 16.6. The van der Waals surface area contributed by atoms with Gasteiger partial charge in [-0.05, 0) is 56.1 Å². The quantitative estimate of drug-likeness (QED) is 0.343. The van der Waals surface area contributed by atoms with Crippen LogP contribution in [0.3, 0.4) is 0 Å². The van der Waals surface area contributed by atoms with Gasteiger partial charge in [-0.1, -0.05) is 32.0 Å². The third kappa shape index (κ3) is 10.0. The second kappa shape index (κ2) is 15.1. The number of likely N-dealkylation sites (N-methyl/N-ethyl adjacent to an activating group) is 2. The molecule has 2 amide bonds. The number of nitrogens with one attached hydrogen (secondary N) is 2. The predicted molar refractivity (Wildman–Crippen MR) is 133 cm³/mol. The summed E-state index contributed by atoms with van der Waals surface area (Å²) >= 11 is 1.19. The maximum Gasteiger partial charge on any atom is 0.261 e. The van der Waals surface area contributed by atoms with Crippen LogP contribution in [0.2, 0.25) is 0 Å². The van der Waals surface area contributed by atoms with Crippen LogP contribution in [-0.4, -0.2) is 61.9 Å². The molecule has 0 aromatic heterocycles. The molecule has 8 heteroatoms. The Kier molecular flexibility index (Phi) is 12.9. The van der Waals surface area contributed by atoms with Crippen molar-refractivity contribution in [1.29, 1.82) is 5.26 Å². The van der Waals surface area contributed by atoms with Crippen LogP contribution >= 0.6 is 11.8 Å². The van der Waals surface area contributed by atoms with Gasteiger partial charge in [-0.2, -0.15) is 5.26 Å². The van der Waals surface area contributed by atoms with Crippen LogP contribution in [-0.2, 0) is 4.79 Å². The van der Waals surface area contributed by atoms with Gasteiger partial charge < -0.3 is 20.4 Å². The second-order valence-electron chi connectivity index (χ2n) is 7.50. The average molecular weight is 458 g/mol. The summed E-state index contributed by atoms with van der Waals surface area (Å²) in [5.74, 6) is -0.268. The molecular formula is C24H35N5O2S. The molecule has 0 aliphatic heterocycles. The Hall–Kier alpha value is -2.76. The Morgan fingerprint density at radius 1 is 1.16 bits per heavy atom. The third-order valence-corrected chi connectivity index (χ3v) is 5.68. The van der Waals surface area contributed by atoms with E-state index in [4.69, 9.17) is 5.26 Å². The van der Waals surface area contributed by atoms with Gasteiger partial charge in [0.1, 0.15) is 0 Å². The number of allylic oxidation sites excluding steroid dienone is 1. The Labute approximate surface area is 196 Å². The molecule has 174 valence electrons. The number of nitriles is 1. The summed E-state index contributed by atoms with van der Waals surface area (Å²) in [7, 11) is 3.35. The molecule has 0 saturated carbocycles. The first-order chi connectivity index (χ1) is 15.3. The highest BCUT2D eigenvalue weighted by atomic mass is 32.2. The van der Waals surface area contributed by atoms with Gasteiger partial charge in [0.2, 0.25) is 0 Å². The summed E-state index contributed by atoms with van der Waals surface area (Å²) in [4.78, 5) is 29.0. The van der Waals surface area contributed by atoms with E-state index in [9.17, 15) is 9.59 Å². The molecule has 1 rings (SSSR count). The number of benzene rings is 1. The van der Waals surface area contributed by atoms with Crippen molar-refractivity contribution < 1.29 is 9.59 Å². The lowest BCUT2D eigenvalue weighted by Gasteiger charge is -2.20. The van der Waals surface area contributed by atoms with Crippen LogP contribution in [0.15, 0.2) is 46.4 Å². The summed E-state index contributed by atoms with van der Waals surface area (Å²) < 4.78 is 0. The Morgan fingerprint density at radius 3 is 2.41 bits per heavy atom. The van der Waals surface area contributed by atoms with Crippen molar-refractivity contribution in [3.63, 3.8) is 0 Å². The maximum absolute atomic E-state index is 12.4. The summed E-state index contributed by atoms with van der Waals surface area (Å²) in [6.07, 6.45) is 3.94. The molecule has 0 saturated heterocycles. The molecule has 0 aliphatic carbocycles. The molecule has 7 nitrogen and oxygen atoms in total. The normalized spacial score (nSPS) is 11.8. The van der Waals surface area contributed by atoms with Gasteiger partial charge in [0, 0.05) is 50.2 Å². The third-order valence-electron chi connectivity index (χ3n) is 4.66. The van der Waals surface area contributed by atoms with Crippen LogP contribution in [0.5, 0.6) is 0 Å². The molecule has 0 atom stereocenters. The number of hydrogen-bond donors (Lipinski definition) is 2. The highest BCUT2D eigenvalue weighted by molar-refractivity contribution is 8.06. The van der Waals surface area contributed by atoms with E-state index in [2.05, 4.69) is 29.4 Å². The van der Waals surface area contributed by atoms with E-state index in [0.717, 1.165) is 31.7 Å². The fraction of sp³-hybridized carbons (Fsp3) is 0.458. The van der Waals surface area contributed by atoms with E-state index in [0.29, 0.717) is 22.6 Å². The van der Waals surface area contributed by atoms with E-state index in [-0.39, 0.29) is 11.8 Å². The number of hydrogen-bond acceptors (Lipinski definition) is 6. The molecule has 0 spiro atoms. The number of anilines is 1. The van der Waals surface area contributed by atoms with E-state index < -0.39 is 0 Å². The Bertz CT molecular complexity index is 841.